The van der Waals surface area contributed by atoms with Crippen molar-refractivity contribution < 1.29 is 14.2 Å². The molecule has 1 heterocycles. The second-order valence-electron chi connectivity index (χ2n) is 7.37. The van der Waals surface area contributed by atoms with Gasteiger partial charge >= 0.3 is 0 Å². The minimum atomic E-state index is 0.419. The normalized spacial score (nSPS) is 13.7. The van der Waals surface area contributed by atoms with Crippen molar-refractivity contribution in [2.75, 3.05) is 43.6 Å². The van der Waals surface area contributed by atoms with Gasteiger partial charge in [0.15, 0.2) is 11.5 Å². The highest BCUT2D eigenvalue weighted by atomic mass is 35.5. The van der Waals surface area contributed by atoms with Crippen molar-refractivity contribution in [2.45, 2.75) is 13.2 Å². The van der Waals surface area contributed by atoms with Gasteiger partial charge in [-0.25, -0.2) is 0 Å². The summed E-state index contributed by atoms with van der Waals surface area (Å²) in [5.41, 5.74) is 4.32. The van der Waals surface area contributed by atoms with Crippen LogP contribution in [0.4, 0.5) is 11.4 Å². The van der Waals surface area contributed by atoms with Crippen LogP contribution in [0.2, 0.25) is 5.02 Å². The third kappa shape index (κ3) is 5.63. The van der Waals surface area contributed by atoms with E-state index in [0.717, 1.165) is 48.9 Å². The Bertz CT molecular complexity index is 988. The van der Waals surface area contributed by atoms with Gasteiger partial charge in [0.2, 0.25) is 0 Å². The lowest BCUT2D eigenvalue weighted by Crippen LogP contribution is -2.36. The summed E-state index contributed by atoms with van der Waals surface area (Å²) < 4.78 is 17.1. The van der Waals surface area contributed by atoms with Gasteiger partial charge in [-0.3, -0.25) is 0 Å². The summed E-state index contributed by atoms with van der Waals surface area (Å²) in [5.74, 6) is 1.45. The predicted molar refractivity (Wildman–Crippen MR) is 126 cm³/mol. The molecule has 1 aliphatic heterocycles. The monoisotopic (exact) mass is 438 g/mol. The van der Waals surface area contributed by atoms with Crippen LogP contribution in [0.25, 0.3) is 0 Å². The molecule has 3 aromatic carbocycles. The average molecular weight is 439 g/mol. The molecule has 0 bridgehead atoms. The van der Waals surface area contributed by atoms with Gasteiger partial charge in [-0.2, -0.15) is 0 Å². The number of para-hydroxylation sites is 1. The molecule has 6 heteroatoms. The third-order valence-electron chi connectivity index (χ3n) is 5.28. The molecule has 0 radical (unpaired) electrons. The highest BCUT2D eigenvalue weighted by molar-refractivity contribution is 6.30. The summed E-state index contributed by atoms with van der Waals surface area (Å²) in [5, 5.41) is 4.19. The van der Waals surface area contributed by atoms with E-state index in [1.165, 1.54) is 5.69 Å². The van der Waals surface area contributed by atoms with Crippen LogP contribution in [0.5, 0.6) is 11.5 Å². The number of nitrogens with one attached hydrogen (secondary N) is 1. The summed E-state index contributed by atoms with van der Waals surface area (Å²) >= 11 is 6.10. The Balaban J connectivity index is 1.43. The van der Waals surface area contributed by atoms with Gasteiger partial charge < -0.3 is 24.4 Å². The summed E-state index contributed by atoms with van der Waals surface area (Å²) in [4.78, 5) is 2.34. The first-order valence-corrected chi connectivity index (χ1v) is 10.8. The number of benzene rings is 3. The number of morpholine rings is 1. The first-order valence-electron chi connectivity index (χ1n) is 10.4. The minimum absolute atomic E-state index is 0.419. The smallest absolute Gasteiger partial charge is 0.166 e. The van der Waals surface area contributed by atoms with Gasteiger partial charge in [-0.05, 0) is 48.0 Å². The van der Waals surface area contributed by atoms with Crippen molar-refractivity contribution in [1.29, 1.82) is 0 Å². The number of halogens is 1. The molecular formula is C25H27ClN2O3. The summed E-state index contributed by atoms with van der Waals surface area (Å²) in [6.45, 7) is 4.48. The van der Waals surface area contributed by atoms with Gasteiger partial charge in [-0.15, -0.1) is 0 Å². The molecule has 1 fully saturated rings. The Labute approximate surface area is 188 Å². The summed E-state index contributed by atoms with van der Waals surface area (Å²) in [6, 6.07) is 22.1. The van der Waals surface area contributed by atoms with E-state index in [9.17, 15) is 0 Å². The minimum Gasteiger partial charge on any atom is -0.493 e. The van der Waals surface area contributed by atoms with Crippen LogP contribution in [-0.4, -0.2) is 33.4 Å². The zero-order valence-electron chi connectivity index (χ0n) is 17.6. The van der Waals surface area contributed by atoms with Gasteiger partial charge in [0.05, 0.1) is 20.3 Å². The SMILES string of the molecule is COc1cccc(CNc2ccc(N3CCOCC3)cc2)c1OCc1cccc(Cl)c1. The highest BCUT2D eigenvalue weighted by Gasteiger charge is 2.13. The van der Waals surface area contributed by atoms with E-state index >= 15 is 0 Å². The molecule has 1 aliphatic rings. The molecular weight excluding hydrogens is 412 g/mol. The summed E-state index contributed by atoms with van der Waals surface area (Å²) in [6.07, 6.45) is 0. The number of rotatable bonds is 8. The quantitative estimate of drug-likeness (QED) is 0.511. The van der Waals surface area contributed by atoms with E-state index < -0.39 is 0 Å². The largest absolute Gasteiger partial charge is 0.493 e. The molecule has 0 unspecified atom stereocenters. The first-order chi connectivity index (χ1) is 15.2. The Kier molecular flexibility index (Phi) is 7.18. The number of hydrogen-bond donors (Lipinski definition) is 1. The zero-order chi connectivity index (χ0) is 21.5. The fraction of sp³-hybridized carbons (Fsp3) is 0.280. The van der Waals surface area contributed by atoms with Gasteiger partial charge in [0.25, 0.3) is 0 Å². The van der Waals surface area contributed by atoms with Crippen molar-refractivity contribution in [3.63, 3.8) is 0 Å². The molecule has 0 amide bonds. The van der Waals surface area contributed by atoms with Crippen LogP contribution < -0.4 is 19.7 Å². The molecule has 31 heavy (non-hydrogen) atoms. The standard InChI is InChI=1S/C25H27ClN2O3/c1-29-24-7-3-5-20(25(24)31-18-19-4-2-6-21(26)16-19)17-27-22-8-10-23(11-9-22)28-12-14-30-15-13-28/h2-11,16,27H,12-15,17-18H2,1H3. The molecule has 0 atom stereocenters. The molecule has 5 nitrogen and oxygen atoms in total. The Hall–Kier alpha value is -2.89. The molecule has 162 valence electrons. The lowest BCUT2D eigenvalue weighted by Gasteiger charge is -2.29. The zero-order valence-corrected chi connectivity index (χ0v) is 18.4. The third-order valence-corrected chi connectivity index (χ3v) is 5.51. The predicted octanol–water partition coefficient (Wildman–Crippen LogP) is 5.38. The van der Waals surface area contributed by atoms with Crippen molar-refractivity contribution in [3.05, 3.63) is 82.9 Å². The molecule has 4 rings (SSSR count). The first kappa shape index (κ1) is 21.3. The molecule has 0 aromatic heterocycles. The maximum atomic E-state index is 6.14. The Morgan fingerprint density at radius 2 is 1.77 bits per heavy atom. The molecule has 0 spiro atoms. The highest BCUT2D eigenvalue weighted by Crippen LogP contribution is 2.32. The molecule has 3 aromatic rings. The molecule has 0 aliphatic carbocycles. The number of nitrogens with zero attached hydrogens (tertiary/aromatic N) is 1. The van der Waals surface area contributed by atoms with E-state index in [1.807, 2.05) is 42.5 Å². The van der Waals surface area contributed by atoms with E-state index in [-0.39, 0.29) is 0 Å². The van der Waals surface area contributed by atoms with Gasteiger partial charge in [0.1, 0.15) is 6.61 Å². The topological polar surface area (TPSA) is 43.0 Å². The molecule has 1 N–H and O–H groups in total. The van der Waals surface area contributed by atoms with Gasteiger partial charge in [-0.1, -0.05) is 35.9 Å². The van der Waals surface area contributed by atoms with Crippen LogP contribution in [-0.2, 0) is 17.9 Å². The van der Waals surface area contributed by atoms with Gasteiger partial charge in [0, 0.05) is 41.6 Å². The van der Waals surface area contributed by atoms with E-state index in [2.05, 4.69) is 34.5 Å². The Morgan fingerprint density at radius 1 is 1.00 bits per heavy atom. The molecule has 1 saturated heterocycles. The van der Waals surface area contributed by atoms with E-state index in [4.69, 9.17) is 25.8 Å². The second-order valence-corrected chi connectivity index (χ2v) is 7.80. The lowest BCUT2D eigenvalue weighted by molar-refractivity contribution is 0.122. The van der Waals surface area contributed by atoms with E-state index in [1.54, 1.807) is 7.11 Å². The van der Waals surface area contributed by atoms with Crippen molar-refractivity contribution >= 4 is 23.0 Å². The maximum Gasteiger partial charge on any atom is 0.166 e. The summed E-state index contributed by atoms with van der Waals surface area (Å²) in [7, 11) is 1.66. The fourth-order valence-corrected chi connectivity index (χ4v) is 3.83. The van der Waals surface area contributed by atoms with Crippen LogP contribution in [0.15, 0.2) is 66.7 Å². The fourth-order valence-electron chi connectivity index (χ4n) is 3.62. The number of anilines is 2. The Morgan fingerprint density at radius 3 is 2.52 bits per heavy atom. The number of ether oxygens (including phenoxy) is 3. The average Bonchev–Trinajstić information content (AvgIpc) is 2.82. The maximum absolute atomic E-state index is 6.14. The van der Waals surface area contributed by atoms with Crippen LogP contribution in [0.3, 0.4) is 0 Å². The number of methoxy groups -OCH3 is 1. The number of hydrogen-bond acceptors (Lipinski definition) is 5. The van der Waals surface area contributed by atoms with Crippen LogP contribution in [0, 0.1) is 0 Å². The lowest BCUT2D eigenvalue weighted by atomic mass is 10.1. The van der Waals surface area contributed by atoms with E-state index in [0.29, 0.717) is 23.9 Å². The van der Waals surface area contributed by atoms with Crippen LogP contribution >= 0.6 is 11.6 Å². The van der Waals surface area contributed by atoms with Crippen molar-refractivity contribution in [1.82, 2.24) is 0 Å². The second kappa shape index (κ2) is 10.4. The van der Waals surface area contributed by atoms with Crippen molar-refractivity contribution in [3.8, 4) is 11.5 Å². The van der Waals surface area contributed by atoms with Crippen LogP contribution in [0.1, 0.15) is 11.1 Å². The van der Waals surface area contributed by atoms with Crippen molar-refractivity contribution in [2.24, 2.45) is 0 Å². The molecule has 0 saturated carbocycles.